The Kier molecular flexibility index (Phi) is 4.78. The van der Waals surface area contributed by atoms with Crippen LogP contribution in [-0.2, 0) is 11.8 Å². The second kappa shape index (κ2) is 5.91. The van der Waals surface area contributed by atoms with Crippen LogP contribution in [0, 0.1) is 5.92 Å². The Labute approximate surface area is 111 Å². The molecule has 100 valence electrons. The van der Waals surface area contributed by atoms with E-state index < -0.39 is 17.9 Å². The summed E-state index contributed by atoms with van der Waals surface area (Å²) in [5.74, 6) is -1.28. The summed E-state index contributed by atoms with van der Waals surface area (Å²) in [6.45, 7) is 3.81. The van der Waals surface area contributed by atoms with Crippen LogP contribution >= 0.6 is 11.6 Å². The first-order chi connectivity index (χ1) is 8.31. The van der Waals surface area contributed by atoms with Gasteiger partial charge < -0.3 is 15.0 Å². The SMILES string of the molecule is CC(C)C[C@H](NC(=O)c1cc(Cl)cn1C)C(=O)O. The van der Waals surface area contributed by atoms with E-state index in [0.29, 0.717) is 17.1 Å². The molecule has 18 heavy (non-hydrogen) atoms. The first kappa shape index (κ1) is 14.6. The van der Waals surface area contributed by atoms with Crippen LogP contribution in [0.15, 0.2) is 12.3 Å². The lowest BCUT2D eigenvalue weighted by Crippen LogP contribution is -2.42. The predicted molar refractivity (Wildman–Crippen MR) is 68.8 cm³/mol. The van der Waals surface area contributed by atoms with Crippen LogP contribution in [0.25, 0.3) is 0 Å². The number of carbonyl (C=O) groups is 2. The fraction of sp³-hybridized carbons (Fsp3) is 0.500. The minimum absolute atomic E-state index is 0.184. The average Bonchev–Trinajstić information content (AvgIpc) is 2.56. The van der Waals surface area contributed by atoms with Gasteiger partial charge in [0, 0.05) is 13.2 Å². The standard InChI is InChI=1S/C12H17ClN2O3/c1-7(2)4-9(12(17)18)14-11(16)10-5-8(13)6-15(10)3/h5-7,9H,4H2,1-3H3,(H,14,16)(H,17,18)/t9-/m0/s1. The van der Waals surface area contributed by atoms with E-state index in [4.69, 9.17) is 16.7 Å². The van der Waals surface area contributed by atoms with Crippen molar-refractivity contribution >= 4 is 23.5 Å². The molecule has 1 atom stereocenters. The van der Waals surface area contributed by atoms with Gasteiger partial charge in [-0.05, 0) is 18.4 Å². The Morgan fingerprint density at radius 3 is 2.50 bits per heavy atom. The number of amides is 1. The summed E-state index contributed by atoms with van der Waals surface area (Å²) in [6.07, 6.45) is 1.98. The molecule has 0 radical (unpaired) electrons. The summed E-state index contributed by atoms with van der Waals surface area (Å²) in [5.41, 5.74) is 0.343. The average molecular weight is 273 g/mol. The van der Waals surface area contributed by atoms with E-state index in [0.717, 1.165) is 0 Å². The molecule has 0 aliphatic carbocycles. The number of nitrogens with one attached hydrogen (secondary N) is 1. The van der Waals surface area contributed by atoms with Crippen molar-refractivity contribution in [1.82, 2.24) is 9.88 Å². The second-order valence-corrected chi connectivity index (χ2v) is 5.08. The molecule has 1 rings (SSSR count). The fourth-order valence-corrected chi connectivity index (χ4v) is 1.92. The van der Waals surface area contributed by atoms with Crippen molar-refractivity contribution in [1.29, 1.82) is 0 Å². The maximum absolute atomic E-state index is 11.9. The van der Waals surface area contributed by atoms with Gasteiger partial charge in [0.1, 0.15) is 11.7 Å². The molecular formula is C12H17ClN2O3. The van der Waals surface area contributed by atoms with Gasteiger partial charge in [-0.15, -0.1) is 0 Å². The topological polar surface area (TPSA) is 71.3 Å². The zero-order valence-corrected chi connectivity index (χ0v) is 11.4. The number of carboxylic acid groups (broad SMARTS) is 1. The lowest BCUT2D eigenvalue weighted by atomic mass is 10.0. The van der Waals surface area contributed by atoms with Crippen LogP contribution < -0.4 is 5.32 Å². The van der Waals surface area contributed by atoms with Crippen LogP contribution in [0.1, 0.15) is 30.8 Å². The van der Waals surface area contributed by atoms with E-state index in [1.165, 1.54) is 6.07 Å². The molecule has 2 N–H and O–H groups in total. The zero-order valence-electron chi connectivity index (χ0n) is 10.6. The van der Waals surface area contributed by atoms with Gasteiger partial charge in [-0.3, -0.25) is 4.79 Å². The van der Waals surface area contributed by atoms with Crippen molar-refractivity contribution in [2.45, 2.75) is 26.3 Å². The number of aryl methyl sites for hydroxylation is 1. The maximum atomic E-state index is 11.9. The minimum Gasteiger partial charge on any atom is -0.480 e. The third-order valence-corrected chi connectivity index (χ3v) is 2.72. The Morgan fingerprint density at radius 2 is 2.11 bits per heavy atom. The van der Waals surface area contributed by atoms with Gasteiger partial charge in [0.25, 0.3) is 5.91 Å². The molecule has 1 aromatic heterocycles. The smallest absolute Gasteiger partial charge is 0.326 e. The third kappa shape index (κ3) is 3.77. The summed E-state index contributed by atoms with van der Waals surface area (Å²) in [7, 11) is 1.68. The van der Waals surface area contributed by atoms with E-state index >= 15 is 0 Å². The molecule has 1 heterocycles. The van der Waals surface area contributed by atoms with Crippen LogP contribution in [0.4, 0.5) is 0 Å². The number of halogens is 1. The first-order valence-corrected chi connectivity index (χ1v) is 6.04. The number of aliphatic carboxylic acids is 1. The first-order valence-electron chi connectivity index (χ1n) is 5.66. The highest BCUT2D eigenvalue weighted by atomic mass is 35.5. The van der Waals surface area contributed by atoms with Crippen molar-refractivity contribution in [3.63, 3.8) is 0 Å². The van der Waals surface area contributed by atoms with Crippen molar-refractivity contribution in [2.24, 2.45) is 13.0 Å². The summed E-state index contributed by atoms with van der Waals surface area (Å²) in [6, 6.07) is 0.622. The lowest BCUT2D eigenvalue weighted by Gasteiger charge is -2.16. The highest BCUT2D eigenvalue weighted by Crippen LogP contribution is 2.13. The molecule has 0 fully saturated rings. The Bertz CT molecular complexity index is 454. The van der Waals surface area contributed by atoms with Crippen molar-refractivity contribution in [3.8, 4) is 0 Å². The summed E-state index contributed by atoms with van der Waals surface area (Å²) >= 11 is 5.78. The van der Waals surface area contributed by atoms with Crippen LogP contribution in [-0.4, -0.2) is 27.6 Å². The van der Waals surface area contributed by atoms with Crippen LogP contribution in [0.3, 0.4) is 0 Å². The predicted octanol–water partition coefficient (Wildman–Crippen LogP) is 1.91. The second-order valence-electron chi connectivity index (χ2n) is 4.65. The molecule has 0 aromatic carbocycles. The molecule has 0 spiro atoms. The van der Waals surface area contributed by atoms with Gasteiger partial charge in [0.15, 0.2) is 0 Å². The number of hydrogen-bond donors (Lipinski definition) is 2. The molecule has 0 aliphatic rings. The minimum atomic E-state index is -1.03. The number of nitrogens with zero attached hydrogens (tertiary/aromatic N) is 1. The number of rotatable bonds is 5. The zero-order chi connectivity index (χ0) is 13.9. The third-order valence-electron chi connectivity index (χ3n) is 2.51. The Hall–Kier alpha value is -1.49. The summed E-state index contributed by atoms with van der Waals surface area (Å²) in [5, 5.41) is 12.0. The van der Waals surface area contributed by atoms with Gasteiger partial charge in [-0.1, -0.05) is 25.4 Å². The van der Waals surface area contributed by atoms with Crippen LogP contribution in [0.2, 0.25) is 5.02 Å². The summed E-state index contributed by atoms with van der Waals surface area (Å²) < 4.78 is 1.56. The highest BCUT2D eigenvalue weighted by molar-refractivity contribution is 6.31. The quantitative estimate of drug-likeness (QED) is 0.860. The molecule has 0 aliphatic heterocycles. The van der Waals surface area contributed by atoms with Gasteiger partial charge in [-0.2, -0.15) is 0 Å². The lowest BCUT2D eigenvalue weighted by molar-refractivity contribution is -0.139. The molecule has 0 bridgehead atoms. The van der Waals surface area contributed by atoms with E-state index in [-0.39, 0.29) is 5.92 Å². The van der Waals surface area contributed by atoms with Crippen LogP contribution in [0.5, 0.6) is 0 Å². The molecule has 1 aromatic rings. The van der Waals surface area contributed by atoms with Gasteiger partial charge in [-0.25, -0.2) is 4.79 Å². The maximum Gasteiger partial charge on any atom is 0.326 e. The molecule has 1 amide bonds. The molecule has 0 saturated heterocycles. The van der Waals surface area contributed by atoms with Gasteiger partial charge in [0.05, 0.1) is 5.02 Å². The Morgan fingerprint density at radius 1 is 1.50 bits per heavy atom. The highest BCUT2D eigenvalue weighted by Gasteiger charge is 2.22. The number of carbonyl (C=O) groups excluding carboxylic acids is 1. The summed E-state index contributed by atoms with van der Waals surface area (Å²) in [4.78, 5) is 23.0. The van der Waals surface area contributed by atoms with E-state index in [2.05, 4.69) is 5.32 Å². The normalized spacial score (nSPS) is 12.5. The Balaban J connectivity index is 2.78. The fourth-order valence-electron chi connectivity index (χ4n) is 1.68. The van der Waals surface area contributed by atoms with E-state index in [1.807, 2.05) is 13.8 Å². The van der Waals surface area contributed by atoms with Crippen molar-refractivity contribution in [2.75, 3.05) is 0 Å². The van der Waals surface area contributed by atoms with Crippen molar-refractivity contribution in [3.05, 3.63) is 23.0 Å². The van der Waals surface area contributed by atoms with E-state index in [1.54, 1.807) is 17.8 Å². The molecular weight excluding hydrogens is 256 g/mol. The van der Waals surface area contributed by atoms with Gasteiger partial charge >= 0.3 is 5.97 Å². The number of carboxylic acids is 1. The molecule has 0 unspecified atom stereocenters. The monoisotopic (exact) mass is 272 g/mol. The number of hydrogen-bond acceptors (Lipinski definition) is 2. The molecule has 6 heteroatoms. The number of aromatic nitrogens is 1. The van der Waals surface area contributed by atoms with E-state index in [9.17, 15) is 9.59 Å². The van der Waals surface area contributed by atoms with Gasteiger partial charge in [0.2, 0.25) is 0 Å². The largest absolute Gasteiger partial charge is 0.480 e. The van der Waals surface area contributed by atoms with Crippen molar-refractivity contribution < 1.29 is 14.7 Å². The molecule has 5 nitrogen and oxygen atoms in total. The molecule has 0 saturated carbocycles.